The quantitative estimate of drug-likeness (QED) is 0.293. The van der Waals surface area contributed by atoms with Gasteiger partial charge in [0, 0.05) is 23.2 Å². The Balaban J connectivity index is -0.000000457. The van der Waals surface area contributed by atoms with Gasteiger partial charge in [0.15, 0.2) is 0 Å². The highest BCUT2D eigenvalue weighted by molar-refractivity contribution is 4.96. The Morgan fingerprint density at radius 1 is 0.295 bits per heavy atom. The van der Waals surface area contributed by atoms with Gasteiger partial charge in [0.05, 0.1) is 0 Å². The third kappa shape index (κ3) is 40.3. The van der Waals surface area contributed by atoms with Crippen LogP contribution in [0.2, 0.25) is 0 Å². The highest BCUT2D eigenvalue weighted by atomic mass is 15.0. The Labute approximate surface area is 564 Å². The number of fused-ring (bicyclic) bond motifs is 8. The molecule has 2 nitrogen and oxygen atoms in total. The smallest absolute Gasteiger partial charge is 0.0118 e. The molecule has 2 N–H and O–H groups in total. The standard InChI is InChI=1S/C12H23N.C12H22.C11H25N.C11H20.C11H24.C10H20.C9H18.5C2H6/c1-12(2,3)13-11-8-9-4-6-10(11)7-5-9;1-12(2,3)11-8-9-4-6-10(11)7-5-9;1-8-9(10(2,3)4)12-11(5,6)7;1-11(2,3)10-7-8-4-5-9(10)6-8;1-8-9(10(2,3)4)11(5,6)7;1-10(2,3)9-7-5-4-6-8-9;1-9(2,3)8-6-4-5-7-8;5*1-2/h9-11,13H,4-8H2,1-3H3;9-11H,4-8H2,1-3H3;9,12H,8H2,1-7H3;8-10H,4-7H2,1-3H3;9H,8H2,1-7H3;9H,4-8H2,1-3H3;8H,4-7H2,1-3H3;5*1-2H3. The van der Waals surface area contributed by atoms with Crippen LogP contribution in [0.5, 0.6) is 0 Å². The van der Waals surface area contributed by atoms with E-state index in [0.29, 0.717) is 49.5 Å². The lowest BCUT2D eigenvalue weighted by Gasteiger charge is -2.48. The van der Waals surface area contributed by atoms with E-state index in [1.807, 2.05) is 69.2 Å². The second kappa shape index (κ2) is 44.6. The van der Waals surface area contributed by atoms with Crippen LogP contribution < -0.4 is 10.6 Å². The molecule has 0 aromatic heterocycles. The lowest BCUT2D eigenvalue weighted by Crippen LogP contribution is -2.51. The summed E-state index contributed by atoms with van der Waals surface area (Å²) in [5, 5.41) is 7.44. The minimum Gasteiger partial charge on any atom is -0.309 e. The van der Waals surface area contributed by atoms with Gasteiger partial charge < -0.3 is 10.6 Å². The first-order chi connectivity index (χ1) is 40.3. The molecule has 6 atom stereocenters. The van der Waals surface area contributed by atoms with Crippen LogP contribution in [0.15, 0.2) is 0 Å². The zero-order chi connectivity index (χ0) is 70.1. The maximum atomic E-state index is 3.79. The molecule has 0 aromatic carbocycles. The molecular weight excluding hydrogens is 1060 g/mol. The maximum Gasteiger partial charge on any atom is 0.0118 e. The summed E-state index contributed by atoms with van der Waals surface area (Å²) in [5.74, 6) is 11.3. The van der Waals surface area contributed by atoms with Crippen LogP contribution in [0.4, 0.5) is 0 Å². The van der Waals surface area contributed by atoms with Gasteiger partial charge in [0.2, 0.25) is 0 Å². The van der Waals surface area contributed by atoms with E-state index >= 15 is 0 Å². The fraction of sp³-hybridized carbons (Fsp3) is 1.00. The number of nitrogens with one attached hydrogen (secondary N) is 2. The van der Waals surface area contributed by atoms with Crippen molar-refractivity contribution in [3.8, 4) is 0 Å². The summed E-state index contributed by atoms with van der Waals surface area (Å²) in [6, 6.07) is 1.44. The van der Waals surface area contributed by atoms with E-state index in [1.54, 1.807) is 6.42 Å². The first-order valence-corrected chi connectivity index (χ1v) is 39.8. The van der Waals surface area contributed by atoms with Crippen molar-refractivity contribution in [1.29, 1.82) is 0 Å². The third-order valence-corrected chi connectivity index (χ3v) is 21.6. The van der Waals surface area contributed by atoms with Crippen LogP contribution in [0.1, 0.15) is 431 Å². The molecule has 0 aliphatic heterocycles. The van der Waals surface area contributed by atoms with Gasteiger partial charge in [-0.25, -0.2) is 0 Å². The van der Waals surface area contributed by atoms with Gasteiger partial charge in [-0.2, -0.15) is 0 Å². The van der Waals surface area contributed by atoms with Crippen molar-refractivity contribution in [3.05, 3.63) is 0 Å². The molecule has 0 spiro atoms. The Kier molecular flexibility index (Phi) is 47.8. The molecule has 0 heterocycles. The summed E-state index contributed by atoms with van der Waals surface area (Å²) >= 11 is 0. The van der Waals surface area contributed by atoms with Crippen LogP contribution in [0.25, 0.3) is 0 Å². The average molecular weight is 1240 g/mol. The first kappa shape index (κ1) is 94.3. The van der Waals surface area contributed by atoms with Gasteiger partial charge >= 0.3 is 0 Å². The lowest BCUT2D eigenvalue weighted by molar-refractivity contribution is 0.0250. The summed E-state index contributed by atoms with van der Waals surface area (Å²) in [4.78, 5) is 0. The second-order valence-corrected chi connectivity index (χ2v) is 38.1. The molecule has 10 aliphatic carbocycles. The minimum absolute atomic E-state index is 0.230. The van der Waals surface area contributed by atoms with E-state index in [4.69, 9.17) is 0 Å². The van der Waals surface area contributed by atoms with E-state index in [0.717, 1.165) is 71.1 Å². The predicted octanol–water partition coefficient (Wildman–Crippen LogP) is 29.6. The molecule has 0 aromatic rings. The molecule has 88 heavy (non-hydrogen) atoms. The normalized spacial score (nSPS) is 26.2. The van der Waals surface area contributed by atoms with E-state index in [-0.39, 0.29) is 5.54 Å². The molecule has 536 valence electrons. The van der Waals surface area contributed by atoms with Gasteiger partial charge in [-0.1, -0.05) is 299 Å². The molecule has 10 fully saturated rings. The molecule has 0 amide bonds. The van der Waals surface area contributed by atoms with Crippen LogP contribution in [-0.2, 0) is 0 Å². The van der Waals surface area contributed by atoms with Crippen LogP contribution in [0, 0.1) is 103 Å². The monoisotopic (exact) mass is 1240 g/mol. The largest absolute Gasteiger partial charge is 0.309 e. The van der Waals surface area contributed by atoms with E-state index < -0.39 is 0 Å². The zero-order valence-electron chi connectivity index (χ0n) is 69.7. The fourth-order valence-corrected chi connectivity index (χ4v) is 17.6. The molecule has 10 aliphatic rings. The van der Waals surface area contributed by atoms with Crippen molar-refractivity contribution in [2.24, 2.45) is 103 Å². The van der Waals surface area contributed by atoms with E-state index in [2.05, 4.69) is 211 Å². The number of rotatable bonds is 4. The molecule has 6 unspecified atom stereocenters. The number of hydrogen-bond acceptors (Lipinski definition) is 2. The number of hydrogen-bond donors (Lipinski definition) is 2. The predicted molar refractivity (Wildman–Crippen MR) is 411 cm³/mol. The van der Waals surface area contributed by atoms with Gasteiger partial charge in [-0.05, 0) is 234 Å². The molecule has 6 bridgehead atoms. The molecule has 10 saturated carbocycles. The van der Waals surface area contributed by atoms with Crippen LogP contribution >= 0.6 is 0 Å². The van der Waals surface area contributed by atoms with Crippen molar-refractivity contribution in [2.75, 3.05) is 0 Å². The topological polar surface area (TPSA) is 24.1 Å². The van der Waals surface area contributed by atoms with Crippen molar-refractivity contribution >= 4 is 0 Å². The fourth-order valence-electron chi connectivity index (χ4n) is 17.6. The molecule has 10 rings (SSSR count). The summed E-state index contributed by atoms with van der Waals surface area (Å²) < 4.78 is 0. The van der Waals surface area contributed by atoms with Crippen molar-refractivity contribution in [3.63, 3.8) is 0 Å². The maximum absolute atomic E-state index is 3.79. The Bertz CT molecular complexity index is 1540. The molecule has 2 heteroatoms. The minimum atomic E-state index is 0.230. The second-order valence-electron chi connectivity index (χ2n) is 38.1. The van der Waals surface area contributed by atoms with Gasteiger partial charge in [-0.3, -0.25) is 0 Å². The summed E-state index contributed by atoms with van der Waals surface area (Å²) in [5.41, 5.74) is 4.11. The van der Waals surface area contributed by atoms with E-state index in [1.165, 1.54) is 154 Å². The third-order valence-electron chi connectivity index (χ3n) is 21.6. The SMILES string of the molecule is CC.CC.CC.CC.CC.CC(C)(C)C1CC2CCC1C2.CC(C)(C)C1CC2CCC1CC2.CC(C)(C)C1CCCC1.CC(C)(C)C1CCCCC1.CC(C)(C)NC1CC2CCC1CC2.CCC(C(C)(C)C)C(C)(C)C.CCC(NC(C)(C)C)C(C)(C)C. The Morgan fingerprint density at radius 3 is 0.784 bits per heavy atom. The zero-order valence-corrected chi connectivity index (χ0v) is 69.7. The van der Waals surface area contributed by atoms with Crippen molar-refractivity contribution < 1.29 is 0 Å². The van der Waals surface area contributed by atoms with Crippen molar-refractivity contribution in [2.45, 2.75) is 454 Å². The summed E-state index contributed by atoms with van der Waals surface area (Å²) in [6.45, 7) is 87.7. The summed E-state index contributed by atoms with van der Waals surface area (Å²) in [7, 11) is 0. The van der Waals surface area contributed by atoms with Crippen LogP contribution in [0.3, 0.4) is 0 Å². The molecular formula is C86H182N2. The van der Waals surface area contributed by atoms with Gasteiger partial charge in [0.1, 0.15) is 0 Å². The summed E-state index contributed by atoms with van der Waals surface area (Å²) in [6.07, 6.45) is 37.0. The lowest BCUT2D eigenvalue weighted by atomic mass is 9.57. The van der Waals surface area contributed by atoms with Crippen molar-refractivity contribution in [1.82, 2.24) is 10.6 Å². The molecule has 0 saturated heterocycles. The van der Waals surface area contributed by atoms with Gasteiger partial charge in [0.25, 0.3) is 0 Å². The van der Waals surface area contributed by atoms with Gasteiger partial charge in [-0.15, -0.1) is 0 Å². The van der Waals surface area contributed by atoms with Crippen LogP contribution in [-0.4, -0.2) is 23.2 Å². The Hall–Kier alpha value is -0.0800. The highest BCUT2D eigenvalue weighted by Gasteiger charge is 2.45. The van der Waals surface area contributed by atoms with E-state index in [9.17, 15) is 0 Å². The first-order valence-electron chi connectivity index (χ1n) is 39.8. The molecule has 0 radical (unpaired) electrons. The average Bonchev–Trinajstić information content (AvgIpc) is 4.18. The highest BCUT2D eigenvalue weighted by Crippen LogP contribution is 2.55. The Morgan fingerprint density at radius 2 is 0.614 bits per heavy atom.